The average Bonchev–Trinajstić information content (AvgIpc) is 3.09. The molecule has 1 atom stereocenters. The van der Waals surface area contributed by atoms with Gasteiger partial charge in [0.1, 0.15) is 11.5 Å². The molecule has 4 nitrogen and oxygen atoms in total. The summed E-state index contributed by atoms with van der Waals surface area (Å²) in [7, 11) is 0. The maximum Gasteiger partial charge on any atom is 0.215 e. The lowest BCUT2D eigenvalue weighted by atomic mass is 10.0. The highest BCUT2D eigenvalue weighted by Gasteiger charge is 2.19. The van der Waals surface area contributed by atoms with Crippen molar-refractivity contribution in [1.82, 2.24) is 14.6 Å². The van der Waals surface area contributed by atoms with E-state index in [1.807, 2.05) is 41.8 Å². The van der Waals surface area contributed by atoms with E-state index >= 15 is 0 Å². The third-order valence-electron chi connectivity index (χ3n) is 4.61. The molecule has 0 bridgehead atoms. The Morgan fingerprint density at radius 2 is 1.74 bits per heavy atom. The van der Waals surface area contributed by atoms with E-state index in [1.165, 1.54) is 12.1 Å². The van der Waals surface area contributed by atoms with E-state index in [0.29, 0.717) is 5.88 Å². The standard InChI is InChI=1S/C22H20FN3O/c1-3-15(2)27-20-6-4-5-19-21(16-11-13-24-14-12-16)22(25-26(19)20)17-7-9-18(23)10-8-17/h4-15H,3H2,1-2H3. The smallest absolute Gasteiger partial charge is 0.215 e. The number of hydrogen-bond acceptors (Lipinski definition) is 3. The first kappa shape index (κ1) is 17.2. The summed E-state index contributed by atoms with van der Waals surface area (Å²) in [6, 6.07) is 16.2. The van der Waals surface area contributed by atoms with E-state index in [-0.39, 0.29) is 11.9 Å². The molecule has 0 aliphatic carbocycles. The minimum Gasteiger partial charge on any atom is -0.475 e. The molecule has 0 aliphatic heterocycles. The molecule has 3 heterocycles. The van der Waals surface area contributed by atoms with Crippen molar-refractivity contribution < 1.29 is 9.13 Å². The molecule has 0 amide bonds. The number of benzene rings is 1. The number of ether oxygens (including phenoxy) is 1. The fourth-order valence-electron chi connectivity index (χ4n) is 3.04. The normalized spacial score (nSPS) is 12.3. The molecule has 1 aromatic carbocycles. The maximum absolute atomic E-state index is 13.4. The summed E-state index contributed by atoms with van der Waals surface area (Å²) in [4.78, 5) is 4.12. The predicted octanol–water partition coefficient (Wildman–Crippen LogP) is 5.38. The van der Waals surface area contributed by atoms with Gasteiger partial charge in [0.2, 0.25) is 5.88 Å². The van der Waals surface area contributed by atoms with Crippen LogP contribution in [0.1, 0.15) is 20.3 Å². The van der Waals surface area contributed by atoms with Crippen molar-refractivity contribution in [2.45, 2.75) is 26.4 Å². The van der Waals surface area contributed by atoms with Crippen molar-refractivity contribution in [1.29, 1.82) is 0 Å². The third-order valence-corrected chi connectivity index (χ3v) is 4.61. The van der Waals surface area contributed by atoms with Crippen LogP contribution in [0.5, 0.6) is 5.88 Å². The first-order valence-corrected chi connectivity index (χ1v) is 9.02. The zero-order valence-corrected chi connectivity index (χ0v) is 15.3. The Morgan fingerprint density at radius 1 is 1.00 bits per heavy atom. The van der Waals surface area contributed by atoms with Crippen LogP contribution in [0.15, 0.2) is 67.0 Å². The van der Waals surface area contributed by atoms with Crippen LogP contribution in [0, 0.1) is 5.82 Å². The lowest BCUT2D eigenvalue weighted by Crippen LogP contribution is -2.12. The molecule has 136 valence electrons. The predicted molar refractivity (Wildman–Crippen MR) is 104 cm³/mol. The van der Waals surface area contributed by atoms with Gasteiger partial charge in [0, 0.05) is 29.6 Å². The molecule has 0 fully saturated rings. The Kier molecular flexibility index (Phi) is 4.59. The van der Waals surface area contributed by atoms with Crippen molar-refractivity contribution in [2.75, 3.05) is 0 Å². The van der Waals surface area contributed by atoms with Crippen molar-refractivity contribution >= 4 is 5.52 Å². The molecule has 0 spiro atoms. The van der Waals surface area contributed by atoms with Gasteiger partial charge >= 0.3 is 0 Å². The first-order chi connectivity index (χ1) is 13.2. The molecule has 0 radical (unpaired) electrons. The monoisotopic (exact) mass is 361 g/mol. The molecule has 0 N–H and O–H groups in total. The van der Waals surface area contributed by atoms with Gasteiger partial charge < -0.3 is 4.74 Å². The second kappa shape index (κ2) is 7.19. The van der Waals surface area contributed by atoms with Crippen LogP contribution in [-0.4, -0.2) is 20.7 Å². The second-order valence-corrected chi connectivity index (χ2v) is 6.46. The topological polar surface area (TPSA) is 39.4 Å². The molecule has 27 heavy (non-hydrogen) atoms. The summed E-state index contributed by atoms with van der Waals surface area (Å²) in [5.74, 6) is 0.416. The van der Waals surface area contributed by atoms with Crippen LogP contribution in [0.2, 0.25) is 0 Å². The van der Waals surface area contributed by atoms with Crippen LogP contribution < -0.4 is 4.74 Å². The molecule has 5 heteroatoms. The number of hydrogen-bond donors (Lipinski definition) is 0. The number of fused-ring (bicyclic) bond motifs is 1. The van der Waals surface area contributed by atoms with Crippen molar-refractivity contribution in [3.8, 4) is 28.3 Å². The Labute approximate surface area is 157 Å². The van der Waals surface area contributed by atoms with E-state index in [9.17, 15) is 4.39 Å². The van der Waals surface area contributed by atoms with Gasteiger partial charge in [-0.1, -0.05) is 13.0 Å². The van der Waals surface area contributed by atoms with Crippen molar-refractivity contribution in [2.24, 2.45) is 0 Å². The van der Waals surface area contributed by atoms with E-state index in [1.54, 1.807) is 24.5 Å². The molecule has 4 rings (SSSR count). The average molecular weight is 361 g/mol. The molecule has 0 saturated heterocycles. The highest BCUT2D eigenvalue weighted by Crippen LogP contribution is 2.36. The molecule has 0 saturated carbocycles. The van der Waals surface area contributed by atoms with Gasteiger partial charge in [0.05, 0.1) is 11.6 Å². The summed E-state index contributed by atoms with van der Waals surface area (Å²) in [6.45, 7) is 4.12. The highest BCUT2D eigenvalue weighted by molar-refractivity contribution is 5.92. The van der Waals surface area contributed by atoms with E-state index < -0.39 is 0 Å². The van der Waals surface area contributed by atoms with Crippen molar-refractivity contribution in [3.63, 3.8) is 0 Å². The molecular formula is C22H20FN3O. The Balaban J connectivity index is 1.98. The summed E-state index contributed by atoms with van der Waals surface area (Å²) in [5, 5.41) is 4.83. The lowest BCUT2D eigenvalue weighted by molar-refractivity contribution is 0.203. The van der Waals surface area contributed by atoms with Crippen LogP contribution in [0.4, 0.5) is 4.39 Å². The van der Waals surface area contributed by atoms with Gasteiger partial charge in [-0.15, -0.1) is 0 Å². The third kappa shape index (κ3) is 3.28. The quantitative estimate of drug-likeness (QED) is 0.479. The summed E-state index contributed by atoms with van der Waals surface area (Å²) in [6.07, 6.45) is 4.50. The fourth-order valence-corrected chi connectivity index (χ4v) is 3.04. The second-order valence-electron chi connectivity index (χ2n) is 6.46. The van der Waals surface area contributed by atoms with Crippen LogP contribution >= 0.6 is 0 Å². The minimum atomic E-state index is -0.270. The number of nitrogens with zero attached hydrogens (tertiary/aromatic N) is 3. The summed E-state index contributed by atoms with van der Waals surface area (Å²) < 4.78 is 21.3. The fraction of sp³-hybridized carbons (Fsp3) is 0.182. The zero-order valence-electron chi connectivity index (χ0n) is 15.3. The minimum absolute atomic E-state index is 0.0819. The van der Waals surface area contributed by atoms with Crippen molar-refractivity contribution in [3.05, 3.63) is 72.8 Å². The molecule has 0 aliphatic rings. The Hall–Kier alpha value is -3.21. The summed E-state index contributed by atoms with van der Waals surface area (Å²) in [5.41, 5.74) is 4.53. The van der Waals surface area contributed by atoms with E-state index in [2.05, 4.69) is 11.9 Å². The van der Waals surface area contributed by atoms with Gasteiger partial charge in [0.25, 0.3) is 0 Å². The first-order valence-electron chi connectivity index (χ1n) is 9.02. The van der Waals surface area contributed by atoms with E-state index in [0.717, 1.165) is 34.3 Å². The maximum atomic E-state index is 13.4. The molecule has 1 unspecified atom stereocenters. The largest absolute Gasteiger partial charge is 0.475 e. The summed E-state index contributed by atoms with van der Waals surface area (Å²) >= 11 is 0. The number of halogens is 1. The van der Waals surface area contributed by atoms with Crippen LogP contribution in [0.25, 0.3) is 27.9 Å². The van der Waals surface area contributed by atoms with Gasteiger partial charge in [0.15, 0.2) is 0 Å². The van der Waals surface area contributed by atoms with E-state index in [4.69, 9.17) is 9.84 Å². The van der Waals surface area contributed by atoms with Crippen LogP contribution in [0.3, 0.4) is 0 Å². The number of rotatable bonds is 5. The Morgan fingerprint density at radius 3 is 2.44 bits per heavy atom. The van der Waals surface area contributed by atoms with Crippen LogP contribution in [-0.2, 0) is 0 Å². The SMILES string of the molecule is CCC(C)Oc1cccc2c(-c3ccncc3)c(-c3ccc(F)cc3)nn12. The molecule has 4 aromatic rings. The molecule has 3 aromatic heterocycles. The van der Waals surface area contributed by atoms with Gasteiger partial charge in [-0.2, -0.15) is 9.61 Å². The van der Waals surface area contributed by atoms with Gasteiger partial charge in [-0.3, -0.25) is 4.98 Å². The highest BCUT2D eigenvalue weighted by atomic mass is 19.1. The lowest BCUT2D eigenvalue weighted by Gasteiger charge is -2.13. The van der Waals surface area contributed by atoms with Gasteiger partial charge in [-0.25, -0.2) is 4.39 Å². The Bertz CT molecular complexity index is 1060. The molecular weight excluding hydrogens is 341 g/mol. The zero-order chi connectivity index (χ0) is 18.8. The number of pyridine rings is 2. The van der Waals surface area contributed by atoms with Gasteiger partial charge in [-0.05, 0) is 61.4 Å². The number of aromatic nitrogens is 3.